The Morgan fingerprint density at radius 3 is 3.00 bits per heavy atom. The molecule has 0 bridgehead atoms. The number of carbonyl (C=O) groups excluding carboxylic acids is 1. The third kappa shape index (κ3) is 2.01. The van der Waals surface area contributed by atoms with Crippen molar-refractivity contribution in [3.05, 3.63) is 29.1 Å². The van der Waals surface area contributed by atoms with E-state index in [4.69, 9.17) is 4.74 Å². The van der Waals surface area contributed by atoms with Crippen LogP contribution in [0.2, 0.25) is 0 Å². The van der Waals surface area contributed by atoms with Crippen LogP contribution in [0.15, 0.2) is 12.1 Å². The SMILES string of the molecule is COC(=O)c1cc(F)c2c(c1)CCCCO2. The number of hydrogen-bond donors (Lipinski definition) is 0. The predicted octanol–water partition coefficient (Wildman–Crippen LogP) is 2.33. The molecule has 2 rings (SSSR count). The normalized spacial score (nSPS) is 14.6. The largest absolute Gasteiger partial charge is 0.490 e. The van der Waals surface area contributed by atoms with E-state index in [9.17, 15) is 9.18 Å². The van der Waals surface area contributed by atoms with Crippen molar-refractivity contribution in [3.63, 3.8) is 0 Å². The van der Waals surface area contributed by atoms with E-state index >= 15 is 0 Å². The third-order valence-electron chi connectivity index (χ3n) is 2.63. The van der Waals surface area contributed by atoms with E-state index in [0.717, 1.165) is 30.9 Å². The molecule has 0 N–H and O–H groups in total. The minimum Gasteiger partial charge on any atom is -0.490 e. The number of methoxy groups -OCH3 is 1. The average molecular weight is 224 g/mol. The van der Waals surface area contributed by atoms with Gasteiger partial charge in [0, 0.05) is 0 Å². The number of ether oxygens (including phenoxy) is 2. The molecule has 3 nitrogen and oxygen atoms in total. The quantitative estimate of drug-likeness (QED) is 0.687. The maximum absolute atomic E-state index is 13.7. The van der Waals surface area contributed by atoms with Gasteiger partial charge in [-0.3, -0.25) is 0 Å². The Hall–Kier alpha value is -1.58. The van der Waals surface area contributed by atoms with E-state index < -0.39 is 11.8 Å². The van der Waals surface area contributed by atoms with E-state index in [2.05, 4.69) is 4.74 Å². The zero-order chi connectivity index (χ0) is 11.5. The van der Waals surface area contributed by atoms with E-state index in [1.165, 1.54) is 7.11 Å². The highest BCUT2D eigenvalue weighted by atomic mass is 19.1. The van der Waals surface area contributed by atoms with Gasteiger partial charge in [-0.25, -0.2) is 9.18 Å². The second-order valence-electron chi connectivity index (χ2n) is 3.74. The van der Waals surface area contributed by atoms with Crippen molar-refractivity contribution in [1.82, 2.24) is 0 Å². The molecule has 1 aliphatic rings. The summed E-state index contributed by atoms with van der Waals surface area (Å²) in [5.74, 6) is -0.726. The van der Waals surface area contributed by atoms with Crippen molar-refractivity contribution in [2.24, 2.45) is 0 Å². The van der Waals surface area contributed by atoms with Crippen molar-refractivity contribution >= 4 is 5.97 Å². The Morgan fingerprint density at radius 2 is 2.25 bits per heavy atom. The van der Waals surface area contributed by atoms with Crippen LogP contribution in [0.3, 0.4) is 0 Å². The summed E-state index contributed by atoms with van der Waals surface area (Å²) in [6.45, 7) is 0.529. The Kier molecular flexibility index (Phi) is 3.08. The molecule has 16 heavy (non-hydrogen) atoms. The van der Waals surface area contributed by atoms with E-state index in [1.54, 1.807) is 6.07 Å². The topological polar surface area (TPSA) is 35.5 Å². The van der Waals surface area contributed by atoms with Gasteiger partial charge in [0.2, 0.25) is 0 Å². The number of esters is 1. The van der Waals surface area contributed by atoms with Gasteiger partial charge < -0.3 is 9.47 Å². The smallest absolute Gasteiger partial charge is 0.337 e. The minimum absolute atomic E-state index is 0.240. The number of aryl methyl sites for hydroxylation is 1. The van der Waals surface area contributed by atoms with Crippen molar-refractivity contribution < 1.29 is 18.7 Å². The number of benzene rings is 1. The minimum atomic E-state index is -0.522. The van der Waals surface area contributed by atoms with Crippen molar-refractivity contribution in [3.8, 4) is 5.75 Å². The van der Waals surface area contributed by atoms with Crippen LogP contribution in [0, 0.1) is 5.82 Å². The monoisotopic (exact) mass is 224 g/mol. The lowest BCUT2D eigenvalue weighted by Gasteiger charge is -2.09. The maximum Gasteiger partial charge on any atom is 0.337 e. The Morgan fingerprint density at radius 1 is 1.44 bits per heavy atom. The summed E-state index contributed by atoms with van der Waals surface area (Å²) in [7, 11) is 1.28. The number of carbonyl (C=O) groups is 1. The fourth-order valence-corrected chi connectivity index (χ4v) is 1.83. The van der Waals surface area contributed by atoms with Crippen LogP contribution >= 0.6 is 0 Å². The number of rotatable bonds is 1. The highest BCUT2D eigenvalue weighted by Gasteiger charge is 2.18. The third-order valence-corrected chi connectivity index (χ3v) is 2.63. The number of halogens is 1. The summed E-state index contributed by atoms with van der Waals surface area (Å²) in [6.07, 6.45) is 2.58. The molecular formula is C12H13FO3. The lowest BCUT2D eigenvalue weighted by molar-refractivity contribution is 0.0600. The van der Waals surface area contributed by atoms with Crippen LogP contribution in [0.1, 0.15) is 28.8 Å². The Labute approximate surface area is 93.2 Å². The van der Waals surface area contributed by atoms with Gasteiger partial charge in [-0.05, 0) is 37.0 Å². The average Bonchev–Trinajstić information content (AvgIpc) is 2.53. The van der Waals surface area contributed by atoms with Gasteiger partial charge in [0.15, 0.2) is 11.6 Å². The summed E-state index contributed by atoms with van der Waals surface area (Å²) in [5.41, 5.74) is 0.988. The van der Waals surface area contributed by atoms with Crippen molar-refractivity contribution in [2.75, 3.05) is 13.7 Å². The van der Waals surface area contributed by atoms with Gasteiger partial charge >= 0.3 is 5.97 Å². The molecule has 1 aromatic rings. The molecule has 1 aromatic carbocycles. The maximum atomic E-state index is 13.7. The molecule has 0 radical (unpaired) electrons. The molecule has 1 heterocycles. The Balaban J connectivity index is 2.43. The van der Waals surface area contributed by atoms with Gasteiger partial charge in [0.1, 0.15) is 0 Å². The molecule has 4 heteroatoms. The summed E-state index contributed by atoms with van der Waals surface area (Å²) in [4.78, 5) is 11.3. The second-order valence-corrected chi connectivity index (χ2v) is 3.74. The molecule has 0 aliphatic carbocycles. The first-order valence-corrected chi connectivity index (χ1v) is 5.26. The molecule has 0 saturated heterocycles. The molecule has 0 spiro atoms. The van der Waals surface area contributed by atoms with Gasteiger partial charge in [-0.1, -0.05) is 0 Å². The molecule has 86 valence electrons. The number of fused-ring (bicyclic) bond motifs is 1. The van der Waals surface area contributed by atoms with Gasteiger partial charge in [-0.15, -0.1) is 0 Å². The van der Waals surface area contributed by atoms with Crippen LogP contribution in [0.4, 0.5) is 4.39 Å². The zero-order valence-electron chi connectivity index (χ0n) is 9.09. The summed E-state index contributed by atoms with van der Waals surface area (Å²) in [6, 6.07) is 2.81. The van der Waals surface area contributed by atoms with Crippen LogP contribution in [-0.2, 0) is 11.2 Å². The highest BCUT2D eigenvalue weighted by molar-refractivity contribution is 5.89. The van der Waals surface area contributed by atoms with Gasteiger partial charge in [0.05, 0.1) is 19.3 Å². The number of hydrogen-bond acceptors (Lipinski definition) is 3. The van der Waals surface area contributed by atoms with Crippen LogP contribution < -0.4 is 4.74 Å². The molecule has 1 aliphatic heterocycles. The van der Waals surface area contributed by atoms with Crippen LogP contribution in [0.5, 0.6) is 5.75 Å². The van der Waals surface area contributed by atoms with E-state index in [1.807, 2.05) is 0 Å². The summed E-state index contributed by atoms with van der Waals surface area (Å²) >= 11 is 0. The standard InChI is InChI=1S/C12H13FO3/c1-15-12(14)9-6-8-4-2-3-5-16-11(8)10(13)7-9/h6-7H,2-5H2,1H3. The van der Waals surface area contributed by atoms with E-state index in [0.29, 0.717) is 6.61 Å². The zero-order valence-corrected chi connectivity index (χ0v) is 9.09. The van der Waals surface area contributed by atoms with Crippen molar-refractivity contribution in [1.29, 1.82) is 0 Å². The molecule has 0 aromatic heterocycles. The lowest BCUT2D eigenvalue weighted by Crippen LogP contribution is -2.05. The summed E-state index contributed by atoms with van der Waals surface area (Å²) < 4.78 is 23.6. The molecule has 0 unspecified atom stereocenters. The van der Waals surface area contributed by atoms with Crippen LogP contribution in [0.25, 0.3) is 0 Å². The fourth-order valence-electron chi connectivity index (χ4n) is 1.83. The first-order valence-electron chi connectivity index (χ1n) is 5.26. The van der Waals surface area contributed by atoms with E-state index in [-0.39, 0.29) is 11.3 Å². The molecule has 0 atom stereocenters. The molecular weight excluding hydrogens is 211 g/mol. The Bertz CT molecular complexity index is 415. The van der Waals surface area contributed by atoms with Crippen molar-refractivity contribution in [2.45, 2.75) is 19.3 Å². The fraction of sp³-hybridized carbons (Fsp3) is 0.417. The lowest BCUT2D eigenvalue weighted by atomic mass is 10.0. The predicted molar refractivity (Wildman–Crippen MR) is 56.2 cm³/mol. The highest BCUT2D eigenvalue weighted by Crippen LogP contribution is 2.29. The van der Waals surface area contributed by atoms with Crippen LogP contribution in [-0.4, -0.2) is 19.7 Å². The molecule has 0 saturated carbocycles. The summed E-state index contributed by atoms with van der Waals surface area (Å²) in [5, 5.41) is 0. The van der Waals surface area contributed by atoms with Gasteiger partial charge in [0.25, 0.3) is 0 Å². The first-order chi connectivity index (χ1) is 7.72. The second kappa shape index (κ2) is 4.51. The molecule has 0 amide bonds. The molecule has 0 fully saturated rings. The van der Waals surface area contributed by atoms with Gasteiger partial charge in [-0.2, -0.15) is 0 Å². The first kappa shape index (κ1) is 10.9.